The molecule has 0 aromatic carbocycles. The molecule has 0 N–H and O–H groups in total. The third-order valence-electron chi connectivity index (χ3n) is 3.89. The Balaban J connectivity index is 2.11. The molecule has 1 saturated heterocycles. The molecule has 0 radical (unpaired) electrons. The largest absolute Gasteiger partial charge is 0.297 e. The fourth-order valence-electron chi connectivity index (χ4n) is 2.80. The highest BCUT2D eigenvalue weighted by Crippen LogP contribution is 2.25. The lowest BCUT2D eigenvalue weighted by atomic mass is 10.00. The number of aryl methyl sites for hydroxylation is 2. The Labute approximate surface area is 125 Å². The molecule has 1 aromatic heterocycles. The zero-order valence-electron chi connectivity index (χ0n) is 11.8. The highest BCUT2D eigenvalue weighted by atomic mass is 35.5. The van der Waals surface area contributed by atoms with Crippen LogP contribution in [0.1, 0.15) is 38.1 Å². The second-order valence-corrected chi connectivity index (χ2v) is 5.96. The van der Waals surface area contributed by atoms with Crippen LogP contribution in [0.5, 0.6) is 0 Å². The van der Waals surface area contributed by atoms with Gasteiger partial charge in [-0.25, -0.2) is 0 Å². The highest BCUT2D eigenvalue weighted by molar-refractivity contribution is 6.31. The molecule has 0 aliphatic carbocycles. The summed E-state index contributed by atoms with van der Waals surface area (Å²) >= 11 is 12.5. The first kappa shape index (κ1) is 15.1. The molecule has 1 aromatic rings. The summed E-state index contributed by atoms with van der Waals surface area (Å²) in [6.45, 7) is 8.21. The minimum atomic E-state index is 0.623. The van der Waals surface area contributed by atoms with Gasteiger partial charge >= 0.3 is 0 Å². The molecule has 19 heavy (non-hydrogen) atoms. The molecule has 0 spiro atoms. The normalized spacial score (nSPS) is 20.9. The molecule has 108 valence electrons. The van der Waals surface area contributed by atoms with Gasteiger partial charge in [0.25, 0.3) is 0 Å². The van der Waals surface area contributed by atoms with Gasteiger partial charge in [0.15, 0.2) is 0 Å². The van der Waals surface area contributed by atoms with Gasteiger partial charge in [-0.15, -0.1) is 11.6 Å². The van der Waals surface area contributed by atoms with Crippen molar-refractivity contribution in [1.82, 2.24) is 14.7 Å². The maximum atomic E-state index is 6.46. The number of nitrogens with zero attached hydrogens (tertiary/aromatic N) is 3. The van der Waals surface area contributed by atoms with Crippen LogP contribution < -0.4 is 0 Å². The fourth-order valence-corrected chi connectivity index (χ4v) is 3.38. The molecule has 0 bridgehead atoms. The summed E-state index contributed by atoms with van der Waals surface area (Å²) in [4.78, 5) is 2.46. The molecule has 1 atom stereocenters. The summed E-state index contributed by atoms with van der Waals surface area (Å²) in [5.74, 6) is 1.38. The van der Waals surface area contributed by atoms with Crippen LogP contribution in [0.25, 0.3) is 0 Å². The van der Waals surface area contributed by atoms with Crippen LogP contribution in [0.3, 0.4) is 0 Å². The molecule has 0 saturated carbocycles. The average molecular weight is 304 g/mol. The summed E-state index contributed by atoms with van der Waals surface area (Å²) in [6, 6.07) is 0. The molecule has 1 aliphatic rings. The van der Waals surface area contributed by atoms with E-state index < -0.39 is 0 Å². The maximum Gasteiger partial charge on any atom is 0.0863 e. The van der Waals surface area contributed by atoms with Crippen molar-refractivity contribution < 1.29 is 0 Å². The first-order chi connectivity index (χ1) is 9.19. The van der Waals surface area contributed by atoms with E-state index in [2.05, 4.69) is 23.8 Å². The minimum absolute atomic E-state index is 0.623. The summed E-state index contributed by atoms with van der Waals surface area (Å²) in [5, 5.41) is 5.44. The summed E-state index contributed by atoms with van der Waals surface area (Å²) in [6.07, 6.45) is 3.38. The number of hydrogen-bond donors (Lipinski definition) is 0. The number of rotatable bonds is 5. The first-order valence-corrected chi connectivity index (χ1v) is 8.13. The zero-order valence-corrected chi connectivity index (χ0v) is 13.3. The van der Waals surface area contributed by atoms with Crippen LogP contribution in [0.15, 0.2) is 0 Å². The second-order valence-electron chi connectivity index (χ2n) is 5.27. The van der Waals surface area contributed by atoms with E-state index in [-0.39, 0.29) is 0 Å². The van der Waals surface area contributed by atoms with Crippen molar-refractivity contribution in [3.05, 3.63) is 16.4 Å². The summed E-state index contributed by atoms with van der Waals surface area (Å²) in [5.41, 5.74) is 2.18. The first-order valence-electron chi connectivity index (χ1n) is 7.21. The van der Waals surface area contributed by atoms with Crippen LogP contribution in [-0.4, -0.2) is 33.6 Å². The fraction of sp³-hybridized carbons (Fsp3) is 0.786. The van der Waals surface area contributed by atoms with Gasteiger partial charge in [-0.2, -0.15) is 5.10 Å². The molecule has 1 unspecified atom stereocenters. The van der Waals surface area contributed by atoms with Crippen molar-refractivity contribution >= 4 is 23.2 Å². The maximum absolute atomic E-state index is 6.46. The third kappa shape index (κ3) is 3.45. The Bertz CT molecular complexity index is 417. The lowest BCUT2D eigenvalue weighted by Gasteiger charge is -2.31. The van der Waals surface area contributed by atoms with Gasteiger partial charge in [0, 0.05) is 25.5 Å². The second kappa shape index (κ2) is 6.96. The van der Waals surface area contributed by atoms with Crippen LogP contribution in [0.4, 0.5) is 0 Å². The predicted molar refractivity (Wildman–Crippen MR) is 81.0 cm³/mol. The molecule has 2 rings (SSSR count). The molecule has 2 heterocycles. The van der Waals surface area contributed by atoms with E-state index in [0.717, 1.165) is 54.9 Å². The van der Waals surface area contributed by atoms with Crippen LogP contribution >= 0.6 is 23.2 Å². The van der Waals surface area contributed by atoms with Gasteiger partial charge in [-0.05, 0) is 38.6 Å². The van der Waals surface area contributed by atoms with Gasteiger partial charge in [0.1, 0.15) is 0 Å². The van der Waals surface area contributed by atoms with E-state index in [1.165, 1.54) is 12.8 Å². The number of hydrogen-bond acceptors (Lipinski definition) is 2. The van der Waals surface area contributed by atoms with Crippen LogP contribution in [0.2, 0.25) is 5.02 Å². The van der Waals surface area contributed by atoms with Crippen molar-refractivity contribution in [3.63, 3.8) is 0 Å². The van der Waals surface area contributed by atoms with Crippen molar-refractivity contribution in [2.75, 3.05) is 19.0 Å². The van der Waals surface area contributed by atoms with Gasteiger partial charge in [-0.1, -0.05) is 18.5 Å². The number of likely N-dealkylation sites (tertiary alicyclic amines) is 1. The van der Waals surface area contributed by atoms with Gasteiger partial charge < -0.3 is 0 Å². The Kier molecular flexibility index (Phi) is 5.55. The standard InChI is InChI=1S/C14H23Cl2N3/c1-3-12-14(16)13(19(4-2)17-12)10-18-7-5-6-11(8-15)9-18/h11H,3-10H2,1-2H3. The van der Waals surface area contributed by atoms with E-state index in [1.807, 2.05) is 4.68 Å². The molecule has 1 aliphatic heterocycles. The zero-order chi connectivity index (χ0) is 13.8. The average Bonchev–Trinajstić information content (AvgIpc) is 2.75. The van der Waals surface area contributed by atoms with Crippen molar-refractivity contribution in [2.45, 2.75) is 46.2 Å². The molecule has 5 heteroatoms. The molecule has 1 fully saturated rings. The lowest BCUT2D eigenvalue weighted by Crippen LogP contribution is -2.36. The Morgan fingerprint density at radius 3 is 2.79 bits per heavy atom. The third-order valence-corrected chi connectivity index (χ3v) is 4.76. The summed E-state index contributed by atoms with van der Waals surface area (Å²) in [7, 11) is 0. The lowest BCUT2D eigenvalue weighted by molar-refractivity contribution is 0.174. The van der Waals surface area contributed by atoms with Crippen molar-refractivity contribution in [2.24, 2.45) is 5.92 Å². The Morgan fingerprint density at radius 1 is 1.37 bits per heavy atom. The number of halogens is 2. The van der Waals surface area contributed by atoms with E-state index >= 15 is 0 Å². The predicted octanol–water partition coefficient (Wildman–Crippen LogP) is 3.57. The SMILES string of the molecule is CCc1nn(CC)c(CN2CCCC(CCl)C2)c1Cl. The van der Waals surface area contributed by atoms with Gasteiger partial charge in [-0.3, -0.25) is 9.58 Å². The van der Waals surface area contributed by atoms with Crippen molar-refractivity contribution in [3.8, 4) is 0 Å². The summed E-state index contributed by atoms with van der Waals surface area (Å²) < 4.78 is 2.05. The van der Waals surface area contributed by atoms with E-state index in [9.17, 15) is 0 Å². The smallest absolute Gasteiger partial charge is 0.0863 e. The monoisotopic (exact) mass is 303 g/mol. The van der Waals surface area contributed by atoms with Crippen LogP contribution in [-0.2, 0) is 19.5 Å². The van der Waals surface area contributed by atoms with Gasteiger partial charge in [0.05, 0.1) is 16.4 Å². The van der Waals surface area contributed by atoms with E-state index in [4.69, 9.17) is 23.2 Å². The molecule has 3 nitrogen and oxygen atoms in total. The molecular weight excluding hydrogens is 281 g/mol. The number of piperidine rings is 1. The van der Waals surface area contributed by atoms with Crippen LogP contribution in [0, 0.1) is 5.92 Å². The quantitative estimate of drug-likeness (QED) is 0.775. The molecular formula is C14H23Cl2N3. The highest BCUT2D eigenvalue weighted by Gasteiger charge is 2.22. The Hall–Kier alpha value is -0.250. The van der Waals surface area contributed by atoms with Crippen molar-refractivity contribution in [1.29, 1.82) is 0 Å². The topological polar surface area (TPSA) is 21.1 Å². The van der Waals surface area contributed by atoms with Gasteiger partial charge in [0.2, 0.25) is 0 Å². The molecule has 0 amide bonds. The number of alkyl halides is 1. The minimum Gasteiger partial charge on any atom is -0.297 e. The Morgan fingerprint density at radius 2 is 2.16 bits per heavy atom. The van der Waals surface area contributed by atoms with E-state index in [1.54, 1.807) is 0 Å². The van der Waals surface area contributed by atoms with E-state index in [0.29, 0.717) is 5.92 Å². The number of aromatic nitrogens is 2.